The standard InChI is InChI=1S/C12H15ClFNO/c1-7-5-9(13)11(14)10(12(7)16-2)8-3-4-15-6-8/h5,8,15H,3-4,6H2,1-2H3. The minimum atomic E-state index is -0.335. The second kappa shape index (κ2) is 4.60. The van der Waals surface area contributed by atoms with Crippen LogP contribution in [0.25, 0.3) is 0 Å². The van der Waals surface area contributed by atoms with Crippen molar-refractivity contribution in [3.63, 3.8) is 0 Å². The molecule has 2 nitrogen and oxygen atoms in total. The Kier molecular flexibility index (Phi) is 3.36. The minimum Gasteiger partial charge on any atom is -0.496 e. The van der Waals surface area contributed by atoms with Gasteiger partial charge in [0, 0.05) is 18.0 Å². The summed E-state index contributed by atoms with van der Waals surface area (Å²) in [5, 5.41) is 3.40. The molecular formula is C12H15ClFNO. The van der Waals surface area contributed by atoms with Crippen LogP contribution in [-0.4, -0.2) is 20.2 Å². The number of ether oxygens (including phenoxy) is 1. The number of rotatable bonds is 2. The average Bonchev–Trinajstić information content (AvgIpc) is 2.76. The van der Waals surface area contributed by atoms with Crippen LogP contribution >= 0.6 is 11.6 Å². The van der Waals surface area contributed by atoms with E-state index in [2.05, 4.69) is 5.32 Å². The maximum atomic E-state index is 14.0. The molecule has 0 saturated carbocycles. The zero-order valence-electron chi connectivity index (χ0n) is 9.44. The van der Waals surface area contributed by atoms with E-state index in [9.17, 15) is 4.39 Å². The fraction of sp³-hybridized carbons (Fsp3) is 0.500. The molecular weight excluding hydrogens is 229 g/mol. The van der Waals surface area contributed by atoms with E-state index in [1.165, 1.54) is 0 Å². The molecule has 1 aromatic carbocycles. The zero-order chi connectivity index (χ0) is 11.7. The van der Waals surface area contributed by atoms with Crippen molar-refractivity contribution >= 4 is 11.6 Å². The van der Waals surface area contributed by atoms with Crippen LogP contribution in [0.3, 0.4) is 0 Å². The second-order valence-electron chi connectivity index (χ2n) is 4.13. The van der Waals surface area contributed by atoms with Crippen molar-refractivity contribution in [2.24, 2.45) is 0 Å². The van der Waals surface area contributed by atoms with Crippen molar-refractivity contribution in [3.8, 4) is 5.75 Å². The number of nitrogens with one attached hydrogen (secondary N) is 1. The van der Waals surface area contributed by atoms with Gasteiger partial charge >= 0.3 is 0 Å². The molecule has 0 radical (unpaired) electrons. The van der Waals surface area contributed by atoms with E-state index in [0.717, 1.165) is 25.1 Å². The lowest BCUT2D eigenvalue weighted by atomic mass is 9.94. The van der Waals surface area contributed by atoms with Crippen LogP contribution in [0, 0.1) is 12.7 Å². The second-order valence-corrected chi connectivity index (χ2v) is 4.53. The molecule has 1 fully saturated rings. The van der Waals surface area contributed by atoms with Gasteiger partial charge in [-0.1, -0.05) is 11.6 Å². The molecule has 0 aromatic heterocycles. The first-order valence-corrected chi connectivity index (χ1v) is 5.76. The van der Waals surface area contributed by atoms with Crippen LogP contribution in [0.4, 0.5) is 4.39 Å². The van der Waals surface area contributed by atoms with E-state index < -0.39 is 0 Å². The molecule has 16 heavy (non-hydrogen) atoms. The molecule has 1 saturated heterocycles. The van der Waals surface area contributed by atoms with Gasteiger partial charge in [0.25, 0.3) is 0 Å². The first-order chi connectivity index (χ1) is 7.65. The van der Waals surface area contributed by atoms with Gasteiger partial charge in [0.2, 0.25) is 0 Å². The van der Waals surface area contributed by atoms with Gasteiger partial charge < -0.3 is 10.1 Å². The molecule has 1 aliphatic heterocycles. The van der Waals surface area contributed by atoms with Crippen molar-refractivity contribution in [2.45, 2.75) is 19.3 Å². The van der Waals surface area contributed by atoms with Crippen LogP contribution < -0.4 is 10.1 Å². The molecule has 0 aliphatic carbocycles. The highest BCUT2D eigenvalue weighted by Gasteiger charge is 2.26. The summed E-state index contributed by atoms with van der Waals surface area (Å²) >= 11 is 5.88. The van der Waals surface area contributed by atoms with Gasteiger partial charge in [-0.25, -0.2) is 4.39 Å². The summed E-state index contributed by atoms with van der Waals surface area (Å²) in [5.41, 5.74) is 1.51. The lowest BCUT2D eigenvalue weighted by Gasteiger charge is -2.17. The number of hydrogen-bond acceptors (Lipinski definition) is 2. The van der Waals surface area contributed by atoms with Gasteiger partial charge in [-0.05, 0) is 31.5 Å². The summed E-state index contributed by atoms with van der Waals surface area (Å²) < 4.78 is 19.3. The summed E-state index contributed by atoms with van der Waals surface area (Å²) in [6.45, 7) is 3.59. The minimum absolute atomic E-state index is 0.160. The number of halogens is 2. The van der Waals surface area contributed by atoms with Crippen molar-refractivity contribution in [3.05, 3.63) is 28.0 Å². The van der Waals surface area contributed by atoms with Crippen molar-refractivity contribution < 1.29 is 9.13 Å². The summed E-state index contributed by atoms with van der Waals surface area (Å²) in [4.78, 5) is 0. The van der Waals surface area contributed by atoms with E-state index in [1.54, 1.807) is 13.2 Å². The summed E-state index contributed by atoms with van der Waals surface area (Å²) in [5.74, 6) is 0.459. The Morgan fingerprint density at radius 2 is 2.31 bits per heavy atom. The highest BCUT2D eigenvalue weighted by Crippen LogP contribution is 2.38. The summed E-state index contributed by atoms with van der Waals surface area (Å²) in [6, 6.07) is 1.61. The van der Waals surface area contributed by atoms with Crippen LogP contribution in [0.15, 0.2) is 6.07 Å². The van der Waals surface area contributed by atoms with E-state index in [0.29, 0.717) is 11.3 Å². The Morgan fingerprint density at radius 3 is 2.88 bits per heavy atom. The third kappa shape index (κ3) is 1.89. The van der Waals surface area contributed by atoms with E-state index in [1.807, 2.05) is 6.92 Å². The average molecular weight is 244 g/mol. The normalized spacial score (nSPS) is 20.1. The lowest BCUT2D eigenvalue weighted by Crippen LogP contribution is -2.11. The van der Waals surface area contributed by atoms with Gasteiger partial charge in [0.1, 0.15) is 11.6 Å². The molecule has 1 atom stereocenters. The molecule has 4 heteroatoms. The molecule has 1 unspecified atom stereocenters. The van der Waals surface area contributed by atoms with Gasteiger partial charge in [-0.15, -0.1) is 0 Å². The fourth-order valence-electron chi connectivity index (χ4n) is 2.30. The van der Waals surface area contributed by atoms with E-state index >= 15 is 0 Å². The molecule has 2 rings (SSSR count). The van der Waals surface area contributed by atoms with Crippen molar-refractivity contribution in [1.29, 1.82) is 0 Å². The molecule has 1 N–H and O–H groups in total. The topological polar surface area (TPSA) is 21.3 Å². The van der Waals surface area contributed by atoms with E-state index in [-0.39, 0.29) is 16.8 Å². The summed E-state index contributed by atoms with van der Waals surface area (Å²) in [7, 11) is 1.57. The predicted octanol–water partition coefficient (Wildman–Crippen LogP) is 2.87. The molecule has 1 aliphatic rings. The zero-order valence-corrected chi connectivity index (χ0v) is 10.2. The molecule has 1 heterocycles. The van der Waals surface area contributed by atoms with Crippen LogP contribution in [0.1, 0.15) is 23.5 Å². The maximum absolute atomic E-state index is 14.0. The third-order valence-corrected chi connectivity index (χ3v) is 3.34. The van der Waals surface area contributed by atoms with Crippen LogP contribution in [-0.2, 0) is 0 Å². The molecule has 0 bridgehead atoms. The number of aryl methyl sites for hydroxylation is 1. The molecule has 0 amide bonds. The van der Waals surface area contributed by atoms with Gasteiger partial charge in [-0.2, -0.15) is 0 Å². The van der Waals surface area contributed by atoms with Gasteiger partial charge in [-0.3, -0.25) is 0 Å². The SMILES string of the molecule is COc1c(C)cc(Cl)c(F)c1C1CCNC1. The summed E-state index contributed by atoms with van der Waals surface area (Å²) in [6.07, 6.45) is 0.924. The Hall–Kier alpha value is -0.800. The largest absolute Gasteiger partial charge is 0.496 e. The molecule has 88 valence electrons. The smallest absolute Gasteiger partial charge is 0.149 e. The third-order valence-electron chi connectivity index (χ3n) is 3.06. The lowest BCUT2D eigenvalue weighted by molar-refractivity contribution is 0.397. The van der Waals surface area contributed by atoms with Crippen LogP contribution in [0.5, 0.6) is 5.75 Å². The Morgan fingerprint density at radius 1 is 1.56 bits per heavy atom. The predicted molar refractivity (Wildman–Crippen MR) is 62.9 cm³/mol. The van der Waals surface area contributed by atoms with Crippen molar-refractivity contribution in [1.82, 2.24) is 5.32 Å². The van der Waals surface area contributed by atoms with E-state index in [4.69, 9.17) is 16.3 Å². The van der Waals surface area contributed by atoms with Gasteiger partial charge in [0.05, 0.1) is 12.1 Å². The fourth-order valence-corrected chi connectivity index (χ4v) is 2.56. The highest BCUT2D eigenvalue weighted by molar-refractivity contribution is 6.31. The molecule has 1 aromatic rings. The number of benzene rings is 1. The van der Waals surface area contributed by atoms with Crippen molar-refractivity contribution in [2.75, 3.05) is 20.2 Å². The first kappa shape index (κ1) is 11.7. The quantitative estimate of drug-likeness (QED) is 0.863. The Balaban J connectivity index is 2.54. The first-order valence-electron chi connectivity index (χ1n) is 5.38. The van der Waals surface area contributed by atoms with Crippen LogP contribution in [0.2, 0.25) is 5.02 Å². The monoisotopic (exact) mass is 243 g/mol. The maximum Gasteiger partial charge on any atom is 0.149 e. The highest BCUT2D eigenvalue weighted by atomic mass is 35.5. The number of methoxy groups -OCH3 is 1. The van der Waals surface area contributed by atoms with Gasteiger partial charge in [0.15, 0.2) is 0 Å². The Bertz CT molecular complexity index is 402. The number of hydrogen-bond donors (Lipinski definition) is 1. The molecule has 0 spiro atoms. The Labute approximate surface area is 99.7 Å².